The van der Waals surface area contributed by atoms with E-state index >= 15 is 0 Å². The number of carbonyl (C=O) groups is 2. The number of amides is 2. The Hall–Kier alpha value is -1.06. The molecule has 0 unspecified atom stereocenters. The quantitative estimate of drug-likeness (QED) is 0.0621. The van der Waals surface area contributed by atoms with Crippen molar-refractivity contribution < 1.29 is 9.59 Å². The van der Waals surface area contributed by atoms with E-state index in [-0.39, 0.29) is 11.8 Å². The molecule has 0 saturated heterocycles. The maximum atomic E-state index is 12.1. The second kappa shape index (κ2) is 44.1. The van der Waals surface area contributed by atoms with Gasteiger partial charge < -0.3 is 10.6 Å². The summed E-state index contributed by atoms with van der Waals surface area (Å²) in [5, 5.41) is 6.25. The predicted octanol–water partition coefficient (Wildman–Crippen LogP) is 14.9. The summed E-state index contributed by atoms with van der Waals surface area (Å²) in [6.07, 6.45) is 52.1. The lowest BCUT2D eigenvalue weighted by Crippen LogP contribution is -2.24. The van der Waals surface area contributed by atoms with E-state index in [1.807, 2.05) is 0 Å². The largest absolute Gasteiger partial charge is 0.356 e. The van der Waals surface area contributed by atoms with Gasteiger partial charge in [-0.25, -0.2) is 0 Å². The maximum absolute atomic E-state index is 12.1. The molecule has 0 radical (unpaired) electrons. The summed E-state index contributed by atoms with van der Waals surface area (Å²) in [5.41, 5.74) is 0. The average Bonchev–Trinajstić information content (AvgIpc) is 3.12. The maximum Gasteiger partial charge on any atom is 0.219 e. The van der Waals surface area contributed by atoms with Crippen LogP contribution in [0.2, 0.25) is 0 Å². The molecule has 2 amide bonds. The average molecular weight is 705 g/mol. The Bertz CT molecular complexity index is 611. The van der Waals surface area contributed by atoms with Crippen molar-refractivity contribution in [1.82, 2.24) is 10.6 Å². The highest BCUT2D eigenvalue weighted by Crippen LogP contribution is 2.15. The van der Waals surface area contributed by atoms with Crippen molar-refractivity contribution in [3.63, 3.8) is 0 Å². The standard InChI is InChI=1S/C46H92N2O2/c1-3-5-7-9-11-13-15-17-19-21-23-25-27-31-35-39-43-47-45(49)41-37-33-29-30-34-38-42-46(50)48-44-40-36-32-28-26-24-22-20-18-16-14-12-10-8-6-4-2/h3-44H2,1-2H3,(H,47,49)(H,48,50). The summed E-state index contributed by atoms with van der Waals surface area (Å²) in [5.74, 6) is 0.457. The molecular weight excluding hydrogens is 613 g/mol. The van der Waals surface area contributed by atoms with Gasteiger partial charge in [0.1, 0.15) is 0 Å². The number of hydrogen-bond donors (Lipinski definition) is 2. The molecule has 0 aromatic rings. The predicted molar refractivity (Wildman–Crippen MR) is 222 cm³/mol. The Labute approximate surface area is 315 Å². The third-order valence-corrected chi connectivity index (χ3v) is 10.8. The minimum Gasteiger partial charge on any atom is -0.356 e. The Morgan fingerprint density at radius 3 is 0.660 bits per heavy atom. The fourth-order valence-corrected chi connectivity index (χ4v) is 7.26. The molecule has 4 heteroatoms. The van der Waals surface area contributed by atoms with Crippen molar-refractivity contribution in [3.05, 3.63) is 0 Å². The van der Waals surface area contributed by atoms with Crippen LogP contribution < -0.4 is 10.6 Å². The first-order valence-electron chi connectivity index (χ1n) is 23.2. The smallest absolute Gasteiger partial charge is 0.219 e. The van der Waals surface area contributed by atoms with Crippen molar-refractivity contribution >= 4 is 11.8 Å². The van der Waals surface area contributed by atoms with E-state index in [2.05, 4.69) is 24.5 Å². The molecule has 0 fully saturated rings. The van der Waals surface area contributed by atoms with Gasteiger partial charge in [0.2, 0.25) is 11.8 Å². The van der Waals surface area contributed by atoms with Gasteiger partial charge >= 0.3 is 0 Å². The zero-order chi connectivity index (χ0) is 36.3. The summed E-state index contributed by atoms with van der Waals surface area (Å²) in [4.78, 5) is 24.2. The summed E-state index contributed by atoms with van der Waals surface area (Å²) in [7, 11) is 0. The van der Waals surface area contributed by atoms with Gasteiger partial charge in [0.05, 0.1) is 0 Å². The number of unbranched alkanes of at least 4 members (excludes halogenated alkanes) is 35. The van der Waals surface area contributed by atoms with Crippen LogP contribution in [0.1, 0.15) is 271 Å². The van der Waals surface area contributed by atoms with Crippen molar-refractivity contribution in [3.8, 4) is 0 Å². The third-order valence-electron chi connectivity index (χ3n) is 10.8. The van der Waals surface area contributed by atoms with Crippen LogP contribution in [0, 0.1) is 0 Å². The molecule has 0 aliphatic rings. The van der Waals surface area contributed by atoms with Gasteiger partial charge in [0, 0.05) is 25.9 Å². The van der Waals surface area contributed by atoms with E-state index in [1.165, 1.54) is 205 Å². The second-order valence-electron chi connectivity index (χ2n) is 15.9. The minimum absolute atomic E-state index is 0.229. The molecule has 0 saturated carbocycles. The first kappa shape index (κ1) is 48.9. The van der Waals surface area contributed by atoms with Gasteiger partial charge in [-0.2, -0.15) is 0 Å². The highest BCUT2D eigenvalue weighted by molar-refractivity contribution is 5.76. The van der Waals surface area contributed by atoms with Gasteiger partial charge in [-0.15, -0.1) is 0 Å². The molecule has 0 spiro atoms. The number of nitrogens with one attached hydrogen (secondary N) is 2. The van der Waals surface area contributed by atoms with Gasteiger partial charge in [-0.3, -0.25) is 9.59 Å². The summed E-state index contributed by atoms with van der Waals surface area (Å²) < 4.78 is 0. The van der Waals surface area contributed by atoms with E-state index in [0.717, 1.165) is 51.6 Å². The van der Waals surface area contributed by atoms with Gasteiger partial charge in [0.25, 0.3) is 0 Å². The Kier molecular flexibility index (Phi) is 43.2. The summed E-state index contributed by atoms with van der Waals surface area (Å²) >= 11 is 0. The van der Waals surface area contributed by atoms with E-state index in [1.54, 1.807) is 0 Å². The Morgan fingerprint density at radius 2 is 0.440 bits per heavy atom. The van der Waals surface area contributed by atoms with Crippen LogP contribution in [-0.2, 0) is 9.59 Å². The fourth-order valence-electron chi connectivity index (χ4n) is 7.26. The zero-order valence-corrected chi connectivity index (χ0v) is 34.5. The lowest BCUT2D eigenvalue weighted by molar-refractivity contribution is -0.122. The first-order chi connectivity index (χ1) is 24.7. The normalized spacial score (nSPS) is 11.3. The molecule has 0 heterocycles. The number of rotatable bonds is 43. The molecule has 0 rings (SSSR count). The molecule has 0 aromatic heterocycles. The molecule has 0 aliphatic heterocycles. The summed E-state index contributed by atoms with van der Waals surface area (Å²) in [6, 6.07) is 0. The number of hydrogen-bond acceptors (Lipinski definition) is 2. The molecule has 0 aromatic carbocycles. The Balaban J connectivity index is 3.23. The van der Waals surface area contributed by atoms with Crippen LogP contribution in [0.25, 0.3) is 0 Å². The summed E-state index contributed by atoms with van der Waals surface area (Å²) in [6.45, 7) is 6.27. The molecule has 50 heavy (non-hydrogen) atoms. The molecule has 0 bridgehead atoms. The zero-order valence-electron chi connectivity index (χ0n) is 34.5. The van der Waals surface area contributed by atoms with Gasteiger partial charge in [-0.05, 0) is 25.7 Å². The third kappa shape index (κ3) is 43.1. The lowest BCUT2D eigenvalue weighted by atomic mass is 10.0. The van der Waals surface area contributed by atoms with Crippen LogP contribution in [0.3, 0.4) is 0 Å². The molecule has 0 aliphatic carbocycles. The van der Waals surface area contributed by atoms with Crippen molar-refractivity contribution in [1.29, 1.82) is 0 Å². The molecule has 4 nitrogen and oxygen atoms in total. The minimum atomic E-state index is 0.229. The van der Waals surface area contributed by atoms with Crippen molar-refractivity contribution in [2.45, 2.75) is 271 Å². The first-order valence-corrected chi connectivity index (χ1v) is 23.2. The van der Waals surface area contributed by atoms with Crippen molar-refractivity contribution in [2.75, 3.05) is 13.1 Å². The van der Waals surface area contributed by atoms with E-state index in [9.17, 15) is 9.59 Å². The van der Waals surface area contributed by atoms with Gasteiger partial charge in [0.15, 0.2) is 0 Å². The van der Waals surface area contributed by atoms with Crippen molar-refractivity contribution in [2.24, 2.45) is 0 Å². The van der Waals surface area contributed by atoms with Crippen LogP contribution in [0.5, 0.6) is 0 Å². The fraction of sp³-hybridized carbons (Fsp3) is 0.957. The highest BCUT2D eigenvalue weighted by atomic mass is 16.2. The monoisotopic (exact) mass is 705 g/mol. The second-order valence-corrected chi connectivity index (χ2v) is 15.9. The molecular formula is C46H92N2O2. The van der Waals surface area contributed by atoms with Gasteiger partial charge in [-0.1, -0.05) is 232 Å². The van der Waals surface area contributed by atoms with Crippen LogP contribution in [0.15, 0.2) is 0 Å². The SMILES string of the molecule is CCCCCCCCCCCCCCCCCCNC(=O)CCCCCCCCC(=O)NCCCCCCCCCCCCCCCCCC. The molecule has 0 atom stereocenters. The van der Waals surface area contributed by atoms with Crippen LogP contribution in [-0.4, -0.2) is 24.9 Å². The van der Waals surface area contributed by atoms with E-state index < -0.39 is 0 Å². The lowest BCUT2D eigenvalue weighted by Gasteiger charge is -2.07. The number of carbonyl (C=O) groups excluding carboxylic acids is 2. The molecule has 2 N–H and O–H groups in total. The highest BCUT2D eigenvalue weighted by Gasteiger charge is 2.03. The van der Waals surface area contributed by atoms with E-state index in [0.29, 0.717) is 12.8 Å². The van der Waals surface area contributed by atoms with Crippen LogP contribution in [0.4, 0.5) is 0 Å². The van der Waals surface area contributed by atoms with Crippen LogP contribution >= 0.6 is 0 Å². The topological polar surface area (TPSA) is 58.2 Å². The van der Waals surface area contributed by atoms with E-state index in [4.69, 9.17) is 0 Å². The Morgan fingerprint density at radius 1 is 0.260 bits per heavy atom. The molecule has 298 valence electrons.